The summed E-state index contributed by atoms with van der Waals surface area (Å²) in [4.78, 5) is 17.4. The van der Waals surface area contributed by atoms with Crippen molar-refractivity contribution in [1.29, 1.82) is 0 Å². The van der Waals surface area contributed by atoms with Gasteiger partial charge in [0, 0.05) is 31.9 Å². The molecule has 1 amide bonds. The molecule has 8 heteroatoms. The molecule has 0 N–H and O–H groups in total. The van der Waals surface area contributed by atoms with Gasteiger partial charge < -0.3 is 14.5 Å². The second-order valence-corrected chi connectivity index (χ2v) is 9.69. The minimum Gasteiger partial charge on any atom is -0.497 e. The zero-order valence-electron chi connectivity index (χ0n) is 18.6. The topological polar surface area (TPSA) is 70.2 Å². The summed E-state index contributed by atoms with van der Waals surface area (Å²) in [5.74, 6) is 0.657. The predicted octanol–water partition coefficient (Wildman–Crippen LogP) is 2.90. The number of rotatable bonds is 7. The van der Waals surface area contributed by atoms with Crippen LogP contribution < -0.4 is 13.9 Å². The quantitative estimate of drug-likeness (QED) is 0.655. The Bertz CT molecular complexity index is 1000. The number of piperazine rings is 1. The van der Waals surface area contributed by atoms with Gasteiger partial charge in [0.15, 0.2) is 0 Å². The van der Waals surface area contributed by atoms with Crippen LogP contribution in [-0.2, 0) is 14.8 Å². The van der Waals surface area contributed by atoms with Gasteiger partial charge in [-0.3, -0.25) is 9.10 Å². The van der Waals surface area contributed by atoms with E-state index in [2.05, 4.69) is 4.90 Å². The molecule has 0 unspecified atom stereocenters. The van der Waals surface area contributed by atoms with Gasteiger partial charge in [0.1, 0.15) is 11.8 Å². The van der Waals surface area contributed by atoms with E-state index in [0.717, 1.165) is 23.3 Å². The molecule has 0 bridgehead atoms. The van der Waals surface area contributed by atoms with Gasteiger partial charge >= 0.3 is 0 Å². The molecule has 168 valence electrons. The number of benzene rings is 2. The van der Waals surface area contributed by atoms with Crippen molar-refractivity contribution in [3.8, 4) is 5.75 Å². The van der Waals surface area contributed by atoms with Crippen molar-refractivity contribution in [3.63, 3.8) is 0 Å². The maximum atomic E-state index is 13.4. The van der Waals surface area contributed by atoms with Crippen LogP contribution in [0.5, 0.6) is 5.75 Å². The second kappa shape index (κ2) is 9.60. The number of carbonyl (C=O) groups excluding carboxylic acids is 1. The molecule has 0 saturated carbocycles. The summed E-state index contributed by atoms with van der Waals surface area (Å²) in [5.41, 5.74) is 2.55. The van der Waals surface area contributed by atoms with Gasteiger partial charge in [-0.05, 0) is 55.3 Å². The molecular formula is C23H31N3O4S. The largest absolute Gasteiger partial charge is 0.497 e. The lowest BCUT2D eigenvalue weighted by molar-refractivity contribution is -0.132. The first-order chi connectivity index (χ1) is 14.7. The first-order valence-corrected chi connectivity index (χ1v) is 12.3. The fourth-order valence-corrected chi connectivity index (χ4v) is 5.20. The molecule has 1 aliphatic heterocycles. The number of carbonyl (C=O) groups is 1. The van der Waals surface area contributed by atoms with Crippen LogP contribution in [0.1, 0.15) is 18.9 Å². The van der Waals surface area contributed by atoms with Crippen molar-refractivity contribution in [2.45, 2.75) is 26.3 Å². The molecule has 0 aromatic heterocycles. The summed E-state index contributed by atoms with van der Waals surface area (Å²) >= 11 is 0. The fraction of sp³-hybridized carbons (Fsp3) is 0.435. The lowest BCUT2D eigenvalue weighted by Crippen LogP contribution is -2.56. The maximum Gasteiger partial charge on any atom is 0.246 e. The molecule has 0 spiro atoms. The van der Waals surface area contributed by atoms with E-state index in [-0.39, 0.29) is 5.91 Å². The Morgan fingerprint density at radius 1 is 1.10 bits per heavy atom. The Labute approximate surface area is 185 Å². The van der Waals surface area contributed by atoms with Crippen molar-refractivity contribution in [3.05, 3.63) is 54.1 Å². The maximum absolute atomic E-state index is 13.4. The summed E-state index contributed by atoms with van der Waals surface area (Å²) in [6.07, 6.45) is 1.56. The lowest BCUT2D eigenvalue weighted by atomic mass is 10.1. The van der Waals surface area contributed by atoms with Crippen LogP contribution in [0.4, 0.5) is 11.4 Å². The number of hydrogen-bond acceptors (Lipinski definition) is 5. The van der Waals surface area contributed by atoms with Gasteiger partial charge in [0.2, 0.25) is 15.9 Å². The number of sulfonamides is 1. The van der Waals surface area contributed by atoms with Crippen molar-refractivity contribution in [1.82, 2.24) is 4.90 Å². The van der Waals surface area contributed by atoms with Crippen LogP contribution in [-0.4, -0.2) is 64.8 Å². The third-order valence-corrected chi connectivity index (χ3v) is 6.78. The van der Waals surface area contributed by atoms with Crippen molar-refractivity contribution < 1.29 is 17.9 Å². The first kappa shape index (κ1) is 22.9. The van der Waals surface area contributed by atoms with Crippen LogP contribution >= 0.6 is 0 Å². The number of anilines is 2. The highest BCUT2D eigenvalue weighted by atomic mass is 32.2. The van der Waals surface area contributed by atoms with Crippen LogP contribution in [0.3, 0.4) is 0 Å². The van der Waals surface area contributed by atoms with Gasteiger partial charge in [-0.1, -0.05) is 19.1 Å². The van der Waals surface area contributed by atoms with Crippen LogP contribution in [0.2, 0.25) is 0 Å². The molecule has 2 aromatic carbocycles. The molecule has 31 heavy (non-hydrogen) atoms. The number of amides is 1. The SMILES string of the molecule is CC[C@H](C(=O)N1CCN(c2ccc(OC)cc2)CC1)N(c1cccc(C)c1)S(C)(=O)=O. The first-order valence-electron chi connectivity index (χ1n) is 10.5. The van der Waals surface area contributed by atoms with Gasteiger partial charge in [0.25, 0.3) is 0 Å². The summed E-state index contributed by atoms with van der Waals surface area (Å²) in [5, 5.41) is 0. The van der Waals surface area contributed by atoms with Gasteiger partial charge in [0.05, 0.1) is 19.1 Å². The molecule has 1 saturated heterocycles. The van der Waals surface area contributed by atoms with Crippen LogP contribution in [0, 0.1) is 6.92 Å². The third kappa shape index (κ3) is 5.31. The smallest absolute Gasteiger partial charge is 0.246 e. The van der Waals surface area contributed by atoms with Crippen molar-refractivity contribution in [2.24, 2.45) is 0 Å². The van der Waals surface area contributed by atoms with Gasteiger partial charge in [-0.25, -0.2) is 8.42 Å². The Hall–Kier alpha value is -2.74. The molecule has 7 nitrogen and oxygen atoms in total. The number of methoxy groups -OCH3 is 1. The average molecular weight is 446 g/mol. The molecule has 1 heterocycles. The zero-order valence-corrected chi connectivity index (χ0v) is 19.4. The van der Waals surface area contributed by atoms with E-state index >= 15 is 0 Å². The highest BCUT2D eigenvalue weighted by Gasteiger charge is 2.35. The Morgan fingerprint density at radius 3 is 2.26 bits per heavy atom. The minimum atomic E-state index is -3.63. The highest BCUT2D eigenvalue weighted by molar-refractivity contribution is 7.92. The van der Waals surface area contributed by atoms with Crippen molar-refractivity contribution in [2.75, 3.05) is 48.7 Å². The molecular weight excluding hydrogens is 414 g/mol. The fourth-order valence-electron chi connectivity index (χ4n) is 4.00. The summed E-state index contributed by atoms with van der Waals surface area (Å²) < 4.78 is 31.8. The molecule has 1 aliphatic rings. The second-order valence-electron chi connectivity index (χ2n) is 7.83. The number of aryl methyl sites for hydroxylation is 1. The molecule has 2 aromatic rings. The Kier molecular flexibility index (Phi) is 7.10. The van der Waals surface area contributed by atoms with Gasteiger partial charge in [-0.2, -0.15) is 0 Å². The van der Waals surface area contributed by atoms with E-state index in [0.29, 0.717) is 38.3 Å². The standard InChI is InChI=1S/C23H31N3O4S/c1-5-22(26(31(4,28)29)20-8-6-7-18(2)17-20)23(27)25-15-13-24(14-16-25)19-9-11-21(30-3)12-10-19/h6-12,17,22H,5,13-16H2,1-4H3/t22-/m1/s1. The summed E-state index contributed by atoms with van der Waals surface area (Å²) in [7, 11) is -1.99. The van der Waals surface area contributed by atoms with Crippen LogP contribution in [0.25, 0.3) is 0 Å². The average Bonchev–Trinajstić information content (AvgIpc) is 2.76. The molecule has 1 fully saturated rings. The number of hydrogen-bond donors (Lipinski definition) is 0. The number of nitrogens with zero attached hydrogens (tertiary/aromatic N) is 3. The lowest BCUT2D eigenvalue weighted by Gasteiger charge is -2.39. The minimum absolute atomic E-state index is 0.149. The summed E-state index contributed by atoms with van der Waals surface area (Å²) in [6, 6.07) is 14.4. The molecule has 0 radical (unpaired) electrons. The van der Waals surface area contributed by atoms with Crippen molar-refractivity contribution >= 4 is 27.3 Å². The summed E-state index contributed by atoms with van der Waals surface area (Å²) in [6.45, 7) is 6.24. The molecule has 3 rings (SSSR count). The molecule has 0 aliphatic carbocycles. The molecule has 1 atom stereocenters. The monoisotopic (exact) mass is 445 g/mol. The predicted molar refractivity (Wildman–Crippen MR) is 124 cm³/mol. The van der Waals surface area contributed by atoms with Gasteiger partial charge in [-0.15, -0.1) is 0 Å². The number of ether oxygens (including phenoxy) is 1. The van der Waals surface area contributed by atoms with E-state index in [4.69, 9.17) is 4.74 Å². The highest BCUT2D eigenvalue weighted by Crippen LogP contribution is 2.26. The third-order valence-electron chi connectivity index (χ3n) is 5.60. The van der Waals surface area contributed by atoms with Crippen LogP contribution in [0.15, 0.2) is 48.5 Å². The van der Waals surface area contributed by atoms with E-state index in [1.54, 1.807) is 24.1 Å². The van der Waals surface area contributed by atoms with E-state index < -0.39 is 16.1 Å². The Morgan fingerprint density at radius 2 is 1.74 bits per heavy atom. The normalized spacial score (nSPS) is 15.5. The Balaban J connectivity index is 1.75. The van der Waals surface area contributed by atoms with E-state index in [9.17, 15) is 13.2 Å². The van der Waals surface area contributed by atoms with E-state index in [1.165, 1.54) is 4.31 Å². The zero-order chi connectivity index (χ0) is 22.6. The van der Waals surface area contributed by atoms with E-state index in [1.807, 2.05) is 50.2 Å².